The Balaban J connectivity index is 2.26. The van der Waals surface area contributed by atoms with E-state index in [2.05, 4.69) is 10.0 Å². The molecule has 1 fully saturated rings. The van der Waals surface area contributed by atoms with Gasteiger partial charge in [-0.05, 0) is 37.6 Å². The van der Waals surface area contributed by atoms with Crippen molar-refractivity contribution in [3.63, 3.8) is 0 Å². The van der Waals surface area contributed by atoms with E-state index in [1.807, 2.05) is 13.8 Å². The van der Waals surface area contributed by atoms with E-state index < -0.39 is 10.2 Å². The molecule has 0 aromatic rings. The lowest BCUT2D eigenvalue weighted by Crippen LogP contribution is -2.43. The molecule has 0 amide bonds. The van der Waals surface area contributed by atoms with Crippen molar-refractivity contribution in [1.82, 2.24) is 14.3 Å². The fraction of sp³-hybridized carbons (Fsp3) is 1.00. The third-order valence-electron chi connectivity index (χ3n) is 3.79. The Kier molecular flexibility index (Phi) is 7.56. The van der Waals surface area contributed by atoms with E-state index in [0.717, 1.165) is 19.4 Å². The van der Waals surface area contributed by atoms with Gasteiger partial charge in [-0.3, -0.25) is 0 Å². The van der Waals surface area contributed by atoms with Gasteiger partial charge in [0.2, 0.25) is 0 Å². The normalized spacial score (nSPS) is 16.6. The van der Waals surface area contributed by atoms with Gasteiger partial charge in [0.15, 0.2) is 0 Å². The Labute approximate surface area is 129 Å². The van der Waals surface area contributed by atoms with E-state index >= 15 is 0 Å². The first-order valence-electron chi connectivity index (χ1n) is 7.70. The SMILES string of the molecule is COCCC(C)(C)CNS(=O)(=O)N(C)CCCNC1CC1. The summed E-state index contributed by atoms with van der Waals surface area (Å²) in [6, 6.07) is 0.673. The van der Waals surface area contributed by atoms with Crippen molar-refractivity contribution in [1.29, 1.82) is 0 Å². The summed E-state index contributed by atoms with van der Waals surface area (Å²) in [5, 5.41) is 3.39. The molecule has 0 aromatic heterocycles. The molecule has 6 nitrogen and oxygen atoms in total. The van der Waals surface area contributed by atoms with Crippen LogP contribution in [0.25, 0.3) is 0 Å². The number of nitrogens with one attached hydrogen (secondary N) is 2. The van der Waals surface area contributed by atoms with Gasteiger partial charge in [-0.15, -0.1) is 0 Å². The minimum Gasteiger partial charge on any atom is -0.385 e. The third kappa shape index (κ3) is 8.11. The van der Waals surface area contributed by atoms with Gasteiger partial charge in [-0.2, -0.15) is 12.7 Å². The Hall–Kier alpha value is -0.210. The molecule has 2 N–H and O–H groups in total. The third-order valence-corrected chi connectivity index (χ3v) is 5.30. The average molecular weight is 321 g/mol. The lowest BCUT2D eigenvalue weighted by molar-refractivity contribution is 0.153. The molecule has 1 saturated carbocycles. The molecule has 0 atom stereocenters. The van der Waals surface area contributed by atoms with Crippen molar-refractivity contribution < 1.29 is 13.2 Å². The number of hydrogen-bond donors (Lipinski definition) is 2. The van der Waals surface area contributed by atoms with E-state index in [1.165, 1.54) is 17.1 Å². The highest BCUT2D eigenvalue weighted by Crippen LogP contribution is 2.19. The highest BCUT2D eigenvalue weighted by atomic mass is 32.2. The second-order valence-electron chi connectivity index (χ2n) is 6.64. The van der Waals surface area contributed by atoms with Gasteiger partial charge in [0.25, 0.3) is 10.2 Å². The number of methoxy groups -OCH3 is 1. The molecule has 21 heavy (non-hydrogen) atoms. The van der Waals surface area contributed by atoms with Crippen LogP contribution in [0.15, 0.2) is 0 Å². The number of nitrogens with zero attached hydrogens (tertiary/aromatic N) is 1. The first-order chi connectivity index (χ1) is 9.77. The van der Waals surface area contributed by atoms with Gasteiger partial charge in [-0.1, -0.05) is 13.8 Å². The van der Waals surface area contributed by atoms with Crippen molar-refractivity contribution in [3.05, 3.63) is 0 Å². The first-order valence-corrected chi connectivity index (χ1v) is 9.14. The lowest BCUT2D eigenvalue weighted by Gasteiger charge is -2.26. The monoisotopic (exact) mass is 321 g/mol. The second kappa shape index (κ2) is 8.43. The van der Waals surface area contributed by atoms with Crippen LogP contribution in [0.5, 0.6) is 0 Å². The van der Waals surface area contributed by atoms with Crippen LogP contribution in [0.2, 0.25) is 0 Å². The molecule has 0 spiro atoms. The van der Waals surface area contributed by atoms with Crippen molar-refractivity contribution in [2.45, 2.75) is 45.6 Å². The van der Waals surface area contributed by atoms with Crippen molar-refractivity contribution in [2.24, 2.45) is 5.41 Å². The fourth-order valence-corrected chi connectivity index (χ4v) is 3.04. The van der Waals surface area contributed by atoms with Crippen LogP contribution < -0.4 is 10.0 Å². The van der Waals surface area contributed by atoms with Gasteiger partial charge in [0.1, 0.15) is 0 Å². The molecule has 0 radical (unpaired) electrons. The van der Waals surface area contributed by atoms with E-state index in [0.29, 0.717) is 25.7 Å². The molecule has 1 aliphatic rings. The van der Waals surface area contributed by atoms with Crippen molar-refractivity contribution in [3.8, 4) is 0 Å². The maximum atomic E-state index is 12.2. The second-order valence-corrected chi connectivity index (χ2v) is 8.50. The van der Waals surface area contributed by atoms with Crippen LogP contribution in [0.4, 0.5) is 0 Å². The lowest BCUT2D eigenvalue weighted by atomic mass is 9.90. The molecule has 1 aliphatic carbocycles. The van der Waals surface area contributed by atoms with E-state index in [1.54, 1.807) is 14.2 Å². The van der Waals surface area contributed by atoms with Crippen molar-refractivity contribution >= 4 is 10.2 Å². The summed E-state index contributed by atoms with van der Waals surface area (Å²) in [7, 11) is -0.106. The quantitative estimate of drug-likeness (QED) is 0.525. The molecule has 0 unspecified atom stereocenters. The van der Waals surface area contributed by atoms with E-state index in [4.69, 9.17) is 4.74 Å². The molecule has 0 aromatic carbocycles. The molecular formula is C14H31N3O3S. The largest absolute Gasteiger partial charge is 0.385 e. The minimum atomic E-state index is -3.39. The molecule has 0 saturated heterocycles. The van der Waals surface area contributed by atoms with E-state index in [-0.39, 0.29) is 5.41 Å². The van der Waals surface area contributed by atoms with Gasteiger partial charge >= 0.3 is 0 Å². The van der Waals surface area contributed by atoms with Crippen LogP contribution in [0.3, 0.4) is 0 Å². The fourth-order valence-electron chi connectivity index (χ4n) is 1.88. The Morgan fingerprint density at radius 1 is 1.33 bits per heavy atom. The molecule has 0 bridgehead atoms. The maximum absolute atomic E-state index is 12.2. The summed E-state index contributed by atoms with van der Waals surface area (Å²) in [5.41, 5.74) is -0.114. The Morgan fingerprint density at radius 3 is 2.57 bits per heavy atom. The summed E-state index contributed by atoms with van der Waals surface area (Å²) in [5.74, 6) is 0. The van der Waals surface area contributed by atoms with Gasteiger partial charge in [0, 0.05) is 39.9 Å². The van der Waals surface area contributed by atoms with Gasteiger partial charge in [-0.25, -0.2) is 4.72 Å². The number of ether oxygens (including phenoxy) is 1. The van der Waals surface area contributed by atoms with Gasteiger partial charge < -0.3 is 10.1 Å². The summed E-state index contributed by atoms with van der Waals surface area (Å²) >= 11 is 0. The number of hydrogen-bond acceptors (Lipinski definition) is 4. The minimum absolute atomic E-state index is 0.114. The van der Waals surface area contributed by atoms with Crippen LogP contribution in [-0.2, 0) is 14.9 Å². The smallest absolute Gasteiger partial charge is 0.279 e. The number of rotatable bonds is 12. The molecule has 7 heteroatoms. The zero-order chi connectivity index (χ0) is 15.9. The molecule has 0 heterocycles. The highest BCUT2D eigenvalue weighted by molar-refractivity contribution is 7.87. The first kappa shape index (κ1) is 18.8. The summed E-state index contributed by atoms with van der Waals surface area (Å²) in [6.07, 6.45) is 4.17. The highest BCUT2D eigenvalue weighted by Gasteiger charge is 2.24. The van der Waals surface area contributed by atoms with E-state index in [9.17, 15) is 8.42 Å². The summed E-state index contributed by atoms with van der Waals surface area (Å²) in [4.78, 5) is 0. The van der Waals surface area contributed by atoms with Crippen molar-refractivity contribution in [2.75, 3.05) is 40.4 Å². The standard InChI is InChI=1S/C14H31N3O3S/c1-14(2,8-11-20-4)12-16-21(18,19)17(3)10-5-9-15-13-6-7-13/h13,15-16H,5-12H2,1-4H3. The summed E-state index contributed by atoms with van der Waals surface area (Å²) < 4.78 is 33.5. The predicted octanol–water partition coefficient (Wildman–Crippen LogP) is 0.957. The molecular weight excluding hydrogens is 290 g/mol. The Morgan fingerprint density at radius 2 is 2.00 bits per heavy atom. The molecule has 1 rings (SSSR count). The van der Waals surface area contributed by atoms with Crippen LogP contribution in [0.1, 0.15) is 39.5 Å². The zero-order valence-electron chi connectivity index (χ0n) is 13.8. The van der Waals surface area contributed by atoms with Crippen LogP contribution in [-0.4, -0.2) is 59.2 Å². The van der Waals surface area contributed by atoms with Crippen LogP contribution >= 0.6 is 0 Å². The maximum Gasteiger partial charge on any atom is 0.279 e. The van der Waals surface area contributed by atoms with Gasteiger partial charge in [0.05, 0.1) is 0 Å². The van der Waals surface area contributed by atoms with Crippen LogP contribution in [0, 0.1) is 5.41 Å². The summed E-state index contributed by atoms with van der Waals surface area (Å²) in [6.45, 7) is 6.54. The Bertz CT molecular complexity index is 394. The molecule has 126 valence electrons. The molecule has 0 aliphatic heterocycles. The topological polar surface area (TPSA) is 70.7 Å². The zero-order valence-corrected chi connectivity index (χ0v) is 14.6. The predicted molar refractivity (Wildman–Crippen MR) is 85.5 cm³/mol. The average Bonchev–Trinajstić information content (AvgIpc) is 3.23.